The molecule has 0 spiro atoms. The minimum atomic E-state index is -0.790. The lowest BCUT2D eigenvalue weighted by Gasteiger charge is -2.37. The van der Waals surface area contributed by atoms with Gasteiger partial charge >= 0.3 is 1.43 Å². The maximum Gasteiger partial charge on any atom is 1.00 e. The van der Waals surface area contributed by atoms with Gasteiger partial charge in [-0.2, -0.15) is 10.2 Å². The van der Waals surface area contributed by atoms with Crippen molar-refractivity contribution in [3.05, 3.63) is 53.1 Å². The molecule has 0 radical (unpaired) electrons. The van der Waals surface area contributed by atoms with Crippen molar-refractivity contribution < 1.29 is 40.7 Å². The zero-order valence-corrected chi connectivity index (χ0v) is 40.5. The molecular formula is C41H67N16O12+. The number of likely N-dealkylation sites (tertiary alicyclic amines) is 3. The van der Waals surface area contributed by atoms with Gasteiger partial charge in [0.05, 0.1) is 50.5 Å². The van der Waals surface area contributed by atoms with Gasteiger partial charge < -0.3 is 20.0 Å². The standard InChI is InChI=1S/C11H17N5O3.C10H15N5O3.C10H17N3O3.C7H13NO.C3H4N2O2/c1-14-7-4-9-11(8-14,10(17)15(2)13-9)5-3-6-12-16(18)19;1-14-9(16)10(4-2-5-12-15(17)18)7-11-6-3-8(10)13-14;1-10(5-3-6-11-13(15)16)8-12(2)7-4-9(10)14;1-6-5-8(2)4-3-7(6)9;1-2-3-4-5(6)7/h6H,3-5,7-8H2,1-2H3;5,11H,2-4,6-7H2,1H3;6H,3-5,7-8H2,1-2H3;6H,3-5H2,1-2H3;2-3H,1H2/p+1/b12-6+;12-5+;11-6+;;4-3+. The zero-order chi connectivity index (χ0) is 52.0. The van der Waals surface area contributed by atoms with Crippen molar-refractivity contribution in [1.29, 1.82) is 0 Å². The summed E-state index contributed by atoms with van der Waals surface area (Å²) in [7, 11) is 9.30. The minimum absolute atomic E-state index is 0. The van der Waals surface area contributed by atoms with E-state index in [1.807, 2.05) is 27.9 Å². The molecule has 1 N–H and O–H groups in total. The molecule has 0 aromatic rings. The molecule has 28 heteroatoms. The van der Waals surface area contributed by atoms with Crippen molar-refractivity contribution in [2.75, 3.05) is 87.6 Å². The average Bonchev–Trinajstić information content (AvgIpc) is 3.68. The van der Waals surface area contributed by atoms with Gasteiger partial charge in [-0.05, 0) is 65.7 Å². The van der Waals surface area contributed by atoms with Crippen molar-refractivity contribution >= 4 is 59.7 Å². The monoisotopic (exact) mass is 976 g/mol. The van der Waals surface area contributed by atoms with Gasteiger partial charge in [0.1, 0.15) is 28.6 Å². The number of Topliss-reactive ketones (excluding diaryl/α,β-unsaturated/α-hetero) is 2. The van der Waals surface area contributed by atoms with Gasteiger partial charge in [-0.25, -0.2) is 50.5 Å². The summed E-state index contributed by atoms with van der Waals surface area (Å²) in [6, 6.07) is 0. The minimum Gasteiger partial charge on any atom is -0.315 e. The van der Waals surface area contributed by atoms with Crippen molar-refractivity contribution in [2.45, 2.75) is 78.1 Å². The number of piperidine rings is 4. The highest BCUT2D eigenvalue weighted by Gasteiger charge is 2.52. The van der Waals surface area contributed by atoms with Crippen LogP contribution in [0.25, 0.3) is 0 Å². The van der Waals surface area contributed by atoms with Crippen molar-refractivity contribution in [3.8, 4) is 0 Å². The summed E-state index contributed by atoms with van der Waals surface area (Å²) in [6.07, 6.45) is 11.7. The molecule has 28 nitrogen and oxygen atoms in total. The van der Waals surface area contributed by atoms with E-state index in [1.165, 1.54) is 34.7 Å². The number of nitrogens with one attached hydrogen (secondary N) is 1. The van der Waals surface area contributed by atoms with E-state index in [9.17, 15) is 59.6 Å². The molecule has 6 rings (SSSR count). The van der Waals surface area contributed by atoms with Crippen LogP contribution in [0.3, 0.4) is 0 Å². The van der Waals surface area contributed by atoms with Gasteiger partial charge in [0, 0.05) is 103 Å². The molecule has 4 fully saturated rings. The number of ketones is 2. The van der Waals surface area contributed by atoms with E-state index in [0.29, 0.717) is 63.8 Å². The summed E-state index contributed by atoms with van der Waals surface area (Å²) >= 11 is 0. The Hall–Kier alpha value is -6.52. The fraction of sp³-hybridized carbons (Fsp3) is 0.707. The number of allylic oxidation sites excluding steroid dienone is 1. The SMILES string of the molecule is C=C/C=N/[N+](=O)[O-].CC1CN(C)CCC1=O.CN1CCC(=O)C(C)(CC/C=N/[N+](=O)[O-])C1.CN1CCC2=NN(C)C(=O)C2(CC/C=N/[N+](=O)[O-])C1.CN1N=C2CCNCC2(CC/C=N/[N+](=O)[O-])C1=O.[H+]. The van der Waals surface area contributed by atoms with Crippen LogP contribution in [0.2, 0.25) is 0 Å². The van der Waals surface area contributed by atoms with Gasteiger partial charge in [0.2, 0.25) is 0 Å². The molecule has 6 aliphatic heterocycles. The van der Waals surface area contributed by atoms with Gasteiger partial charge in [-0.3, -0.25) is 19.2 Å². The summed E-state index contributed by atoms with van der Waals surface area (Å²) in [4.78, 5) is 93.2. The number of hydrazone groups is 6. The molecule has 0 aromatic carbocycles. The molecule has 0 saturated carbocycles. The normalized spacial score (nSPS) is 26.2. The van der Waals surface area contributed by atoms with Crippen LogP contribution in [0.1, 0.15) is 79.5 Å². The third kappa shape index (κ3) is 18.5. The van der Waals surface area contributed by atoms with Crippen molar-refractivity contribution in [2.24, 2.45) is 52.8 Å². The van der Waals surface area contributed by atoms with Crippen LogP contribution in [-0.2, 0) is 19.2 Å². The lowest BCUT2D eigenvalue weighted by Crippen LogP contribution is -2.51. The second-order valence-corrected chi connectivity index (χ2v) is 17.6. The second kappa shape index (κ2) is 28.1. The van der Waals surface area contributed by atoms with Crippen LogP contribution in [0, 0.1) is 62.6 Å². The first kappa shape index (κ1) is 58.6. The number of nitrogens with zero attached hydrogens (tertiary/aromatic N) is 15. The topological polar surface area (TPSA) is 343 Å². The lowest BCUT2D eigenvalue weighted by molar-refractivity contribution is -0.484. The van der Waals surface area contributed by atoms with E-state index in [4.69, 9.17) is 0 Å². The first-order chi connectivity index (χ1) is 32.4. The third-order valence-corrected chi connectivity index (χ3v) is 12.2. The Labute approximate surface area is 401 Å². The first-order valence-electron chi connectivity index (χ1n) is 22.3. The Kier molecular flexibility index (Phi) is 23.9. The summed E-state index contributed by atoms with van der Waals surface area (Å²) < 4.78 is 0. The summed E-state index contributed by atoms with van der Waals surface area (Å²) in [5, 5.41) is 63.0. The molecule has 0 aliphatic carbocycles. The van der Waals surface area contributed by atoms with Crippen LogP contribution in [-0.4, -0.2) is 192 Å². The van der Waals surface area contributed by atoms with Crippen LogP contribution >= 0.6 is 0 Å². The van der Waals surface area contributed by atoms with Gasteiger partial charge in [0.15, 0.2) is 20.1 Å². The Balaban J connectivity index is 0.000000454. The van der Waals surface area contributed by atoms with Crippen molar-refractivity contribution in [3.63, 3.8) is 0 Å². The zero-order valence-electron chi connectivity index (χ0n) is 41.5. The highest BCUT2D eigenvalue weighted by atomic mass is 16.7. The van der Waals surface area contributed by atoms with E-state index in [1.54, 1.807) is 14.1 Å². The summed E-state index contributed by atoms with van der Waals surface area (Å²) in [5.41, 5.74) is 0.145. The predicted octanol–water partition coefficient (Wildman–Crippen LogP) is 2.03. The Morgan fingerprint density at radius 3 is 1.64 bits per heavy atom. The highest BCUT2D eigenvalue weighted by Crippen LogP contribution is 2.38. The van der Waals surface area contributed by atoms with E-state index in [-0.39, 0.29) is 30.4 Å². The van der Waals surface area contributed by atoms with Gasteiger partial charge in [-0.1, -0.05) is 20.4 Å². The first-order valence-corrected chi connectivity index (χ1v) is 22.3. The second-order valence-electron chi connectivity index (χ2n) is 17.6. The predicted molar refractivity (Wildman–Crippen MR) is 257 cm³/mol. The smallest absolute Gasteiger partial charge is 0.315 e. The molecule has 2 amide bonds. The Morgan fingerprint density at radius 2 is 1.14 bits per heavy atom. The van der Waals surface area contributed by atoms with Crippen LogP contribution in [0.4, 0.5) is 0 Å². The number of hydrogen-bond donors (Lipinski definition) is 1. The quantitative estimate of drug-likeness (QED) is 0.148. The van der Waals surface area contributed by atoms with E-state index < -0.39 is 31.0 Å². The highest BCUT2D eigenvalue weighted by molar-refractivity contribution is 6.13. The molecule has 0 bridgehead atoms. The van der Waals surface area contributed by atoms with Crippen molar-refractivity contribution in [1.82, 2.24) is 30.0 Å². The fourth-order valence-corrected chi connectivity index (χ4v) is 8.70. The molecule has 69 heavy (non-hydrogen) atoms. The maximum absolute atomic E-state index is 12.3. The van der Waals surface area contributed by atoms with Gasteiger partial charge in [0.25, 0.3) is 11.8 Å². The summed E-state index contributed by atoms with van der Waals surface area (Å²) in [5.74, 6) is 0.875. The Morgan fingerprint density at radius 1 is 0.681 bits per heavy atom. The lowest BCUT2D eigenvalue weighted by atomic mass is 9.74. The number of amides is 2. The maximum atomic E-state index is 12.3. The van der Waals surface area contributed by atoms with Gasteiger partial charge in [-0.15, -0.1) is 0 Å². The molecule has 4 saturated heterocycles. The number of carbonyl (C=O) groups is 4. The number of rotatable bonds is 14. The largest absolute Gasteiger partial charge is 1.00 e. The number of carbonyl (C=O) groups excluding carboxylic acids is 4. The number of fused-ring (bicyclic) bond motifs is 2. The van der Waals surface area contributed by atoms with Crippen LogP contribution < -0.4 is 5.32 Å². The molecule has 4 atom stereocenters. The van der Waals surface area contributed by atoms with Crippen LogP contribution in [0.15, 0.2) is 43.3 Å². The average molecular weight is 976 g/mol. The fourth-order valence-electron chi connectivity index (χ4n) is 8.70. The number of nitro groups is 4. The van der Waals surface area contributed by atoms with Crippen LogP contribution in [0.5, 0.6) is 0 Å². The summed E-state index contributed by atoms with van der Waals surface area (Å²) in [6.45, 7) is 13.4. The molecule has 6 aliphatic rings. The molecule has 0 aromatic heterocycles. The molecular weight excluding hydrogens is 909 g/mol. The molecule has 6 heterocycles. The molecule has 4 unspecified atom stereocenters. The molecule has 382 valence electrons. The number of hydrogen-bond acceptors (Lipinski definition) is 18. The third-order valence-electron chi connectivity index (χ3n) is 12.2. The van der Waals surface area contributed by atoms with E-state index in [2.05, 4.69) is 64.3 Å². The Bertz CT molecular complexity index is 2070. The van der Waals surface area contributed by atoms with E-state index >= 15 is 0 Å². The van der Waals surface area contributed by atoms with E-state index in [0.717, 1.165) is 76.2 Å².